The first-order valence-electron chi connectivity index (χ1n) is 5.70. The highest BCUT2D eigenvalue weighted by Gasteiger charge is 2.42. The van der Waals surface area contributed by atoms with Gasteiger partial charge in [0.2, 0.25) is 0 Å². The third-order valence-electron chi connectivity index (χ3n) is 3.64. The second-order valence-electron chi connectivity index (χ2n) is 4.41. The highest BCUT2D eigenvalue weighted by molar-refractivity contribution is 4.98. The summed E-state index contributed by atoms with van der Waals surface area (Å²) < 4.78 is 5.64. The van der Waals surface area contributed by atoms with Gasteiger partial charge in [0, 0.05) is 12.1 Å². The van der Waals surface area contributed by atoms with Crippen LogP contribution in [0.2, 0.25) is 0 Å². The largest absolute Gasteiger partial charge is 0.380 e. The molecule has 2 aliphatic heterocycles. The minimum absolute atomic E-state index is 0.453. The SMILES string of the molecule is CCOCC12CCCCN1CCC2. The zero-order valence-corrected chi connectivity index (χ0v) is 8.72. The molecule has 76 valence electrons. The van der Waals surface area contributed by atoms with Crippen LogP contribution in [0, 0.1) is 0 Å². The van der Waals surface area contributed by atoms with Crippen LogP contribution in [-0.2, 0) is 4.74 Å². The molecule has 2 nitrogen and oxygen atoms in total. The van der Waals surface area contributed by atoms with Crippen molar-refractivity contribution in [2.75, 3.05) is 26.3 Å². The zero-order chi connectivity index (χ0) is 9.15. The van der Waals surface area contributed by atoms with E-state index in [-0.39, 0.29) is 0 Å². The van der Waals surface area contributed by atoms with Gasteiger partial charge in [-0.25, -0.2) is 0 Å². The molecule has 2 heterocycles. The second-order valence-corrected chi connectivity index (χ2v) is 4.41. The summed E-state index contributed by atoms with van der Waals surface area (Å²) in [5.41, 5.74) is 0.453. The molecule has 2 aliphatic rings. The highest BCUT2D eigenvalue weighted by Crippen LogP contribution is 2.37. The smallest absolute Gasteiger partial charge is 0.0650 e. The van der Waals surface area contributed by atoms with Crippen molar-refractivity contribution in [2.24, 2.45) is 0 Å². The number of rotatable bonds is 3. The summed E-state index contributed by atoms with van der Waals surface area (Å²) in [4.78, 5) is 2.67. The molecule has 0 aromatic rings. The van der Waals surface area contributed by atoms with Crippen LogP contribution in [0.4, 0.5) is 0 Å². The Balaban J connectivity index is 1.98. The quantitative estimate of drug-likeness (QED) is 0.664. The normalized spacial score (nSPS) is 34.8. The Morgan fingerprint density at radius 1 is 1.15 bits per heavy atom. The van der Waals surface area contributed by atoms with Crippen LogP contribution in [0.25, 0.3) is 0 Å². The van der Waals surface area contributed by atoms with E-state index in [0.717, 1.165) is 13.2 Å². The predicted molar refractivity (Wildman–Crippen MR) is 53.9 cm³/mol. The number of fused-ring (bicyclic) bond motifs is 1. The molecular formula is C11H21NO. The molecule has 0 amide bonds. The van der Waals surface area contributed by atoms with Gasteiger partial charge in [0.15, 0.2) is 0 Å². The van der Waals surface area contributed by atoms with Crippen molar-refractivity contribution in [1.29, 1.82) is 0 Å². The third-order valence-corrected chi connectivity index (χ3v) is 3.64. The first kappa shape index (κ1) is 9.47. The first-order chi connectivity index (χ1) is 6.37. The van der Waals surface area contributed by atoms with Crippen molar-refractivity contribution < 1.29 is 4.74 Å². The molecule has 2 heteroatoms. The Labute approximate surface area is 81.3 Å². The van der Waals surface area contributed by atoms with Gasteiger partial charge >= 0.3 is 0 Å². The second kappa shape index (κ2) is 3.97. The molecule has 2 rings (SSSR count). The van der Waals surface area contributed by atoms with Gasteiger partial charge in [-0.3, -0.25) is 4.90 Å². The lowest BCUT2D eigenvalue weighted by Gasteiger charge is -2.42. The summed E-state index contributed by atoms with van der Waals surface area (Å²) in [6.07, 6.45) is 6.92. The molecule has 2 fully saturated rings. The predicted octanol–water partition coefficient (Wildman–Crippen LogP) is 2.04. The fourth-order valence-corrected chi connectivity index (χ4v) is 2.91. The van der Waals surface area contributed by atoms with E-state index in [9.17, 15) is 0 Å². The third kappa shape index (κ3) is 1.75. The van der Waals surface area contributed by atoms with E-state index in [2.05, 4.69) is 11.8 Å². The topological polar surface area (TPSA) is 12.5 Å². The van der Waals surface area contributed by atoms with Gasteiger partial charge in [-0.05, 0) is 45.7 Å². The lowest BCUT2D eigenvalue weighted by Crippen LogP contribution is -2.50. The van der Waals surface area contributed by atoms with Crippen molar-refractivity contribution in [2.45, 2.75) is 44.6 Å². The van der Waals surface area contributed by atoms with Gasteiger partial charge in [-0.15, -0.1) is 0 Å². The van der Waals surface area contributed by atoms with Crippen molar-refractivity contribution in [1.82, 2.24) is 4.90 Å². The summed E-state index contributed by atoms with van der Waals surface area (Å²) in [7, 11) is 0. The van der Waals surface area contributed by atoms with Crippen LogP contribution < -0.4 is 0 Å². The van der Waals surface area contributed by atoms with Gasteiger partial charge in [-0.2, -0.15) is 0 Å². The first-order valence-corrected chi connectivity index (χ1v) is 5.70. The Morgan fingerprint density at radius 3 is 2.77 bits per heavy atom. The molecule has 2 saturated heterocycles. The van der Waals surface area contributed by atoms with E-state index in [0.29, 0.717) is 5.54 Å². The van der Waals surface area contributed by atoms with E-state index in [1.807, 2.05) is 0 Å². The molecule has 1 atom stereocenters. The molecule has 0 N–H and O–H groups in total. The highest BCUT2D eigenvalue weighted by atomic mass is 16.5. The van der Waals surface area contributed by atoms with E-state index in [1.54, 1.807) is 0 Å². The van der Waals surface area contributed by atoms with Crippen LogP contribution >= 0.6 is 0 Å². The minimum atomic E-state index is 0.453. The molecule has 0 saturated carbocycles. The maximum absolute atomic E-state index is 5.64. The Morgan fingerprint density at radius 2 is 1.92 bits per heavy atom. The molecule has 1 unspecified atom stereocenters. The van der Waals surface area contributed by atoms with Crippen molar-refractivity contribution in [3.8, 4) is 0 Å². The average Bonchev–Trinajstić information content (AvgIpc) is 2.58. The van der Waals surface area contributed by atoms with Gasteiger partial charge in [-0.1, -0.05) is 6.42 Å². The van der Waals surface area contributed by atoms with Crippen molar-refractivity contribution in [3.05, 3.63) is 0 Å². The van der Waals surface area contributed by atoms with Crippen LogP contribution in [0.1, 0.15) is 39.0 Å². The van der Waals surface area contributed by atoms with Gasteiger partial charge in [0.1, 0.15) is 0 Å². The van der Waals surface area contributed by atoms with Crippen molar-refractivity contribution in [3.63, 3.8) is 0 Å². The summed E-state index contributed by atoms with van der Waals surface area (Å²) in [5, 5.41) is 0. The molecule has 0 spiro atoms. The fourth-order valence-electron chi connectivity index (χ4n) is 2.91. The maximum Gasteiger partial charge on any atom is 0.0650 e. The molecule has 0 aromatic heterocycles. The van der Waals surface area contributed by atoms with E-state index in [4.69, 9.17) is 4.74 Å². The summed E-state index contributed by atoms with van der Waals surface area (Å²) >= 11 is 0. The Kier molecular flexibility index (Phi) is 2.89. The van der Waals surface area contributed by atoms with Gasteiger partial charge < -0.3 is 4.74 Å². The van der Waals surface area contributed by atoms with Crippen molar-refractivity contribution >= 4 is 0 Å². The summed E-state index contributed by atoms with van der Waals surface area (Å²) in [5.74, 6) is 0. The molecule has 0 bridgehead atoms. The van der Waals surface area contributed by atoms with E-state index >= 15 is 0 Å². The lowest BCUT2D eigenvalue weighted by molar-refractivity contribution is -0.00324. The molecule has 0 aromatic carbocycles. The molecule has 13 heavy (non-hydrogen) atoms. The molecule has 0 radical (unpaired) electrons. The van der Waals surface area contributed by atoms with Crippen LogP contribution in [0.5, 0.6) is 0 Å². The van der Waals surface area contributed by atoms with E-state index < -0.39 is 0 Å². The molecular weight excluding hydrogens is 162 g/mol. The lowest BCUT2D eigenvalue weighted by atomic mass is 9.87. The maximum atomic E-state index is 5.64. The fraction of sp³-hybridized carbons (Fsp3) is 1.00. The van der Waals surface area contributed by atoms with Crippen LogP contribution in [0.3, 0.4) is 0 Å². The Hall–Kier alpha value is -0.0800. The summed E-state index contributed by atoms with van der Waals surface area (Å²) in [6, 6.07) is 0. The number of ether oxygens (including phenoxy) is 1. The Bertz CT molecular complexity index is 171. The number of hydrogen-bond donors (Lipinski definition) is 0. The van der Waals surface area contributed by atoms with Gasteiger partial charge in [0.25, 0.3) is 0 Å². The standard InChI is InChI=1S/C11H21NO/c1-2-13-10-11-6-3-4-8-12(11)9-5-7-11/h2-10H2,1H3. The molecule has 0 aliphatic carbocycles. The number of nitrogens with zero attached hydrogens (tertiary/aromatic N) is 1. The number of piperidine rings is 1. The average molecular weight is 183 g/mol. The van der Waals surface area contributed by atoms with Gasteiger partial charge in [0.05, 0.1) is 6.61 Å². The summed E-state index contributed by atoms with van der Waals surface area (Å²) in [6.45, 7) is 6.57. The van der Waals surface area contributed by atoms with Crippen LogP contribution in [-0.4, -0.2) is 36.7 Å². The zero-order valence-electron chi connectivity index (χ0n) is 8.72. The minimum Gasteiger partial charge on any atom is -0.380 e. The monoisotopic (exact) mass is 183 g/mol. The van der Waals surface area contributed by atoms with E-state index in [1.165, 1.54) is 45.2 Å². The van der Waals surface area contributed by atoms with Crippen LogP contribution in [0.15, 0.2) is 0 Å². The number of hydrogen-bond acceptors (Lipinski definition) is 2.